The Balaban J connectivity index is 2.23. The summed E-state index contributed by atoms with van der Waals surface area (Å²) in [6, 6.07) is 4.11. The van der Waals surface area contributed by atoms with Gasteiger partial charge in [-0.15, -0.1) is 0 Å². The molecule has 0 aliphatic heterocycles. The van der Waals surface area contributed by atoms with Crippen LogP contribution in [0.3, 0.4) is 0 Å². The SMILES string of the molecule is CC(C)Cc1ccc(-c2ncnn2C)cn1. The Labute approximate surface area is 95.4 Å². The number of aromatic nitrogens is 4. The molecule has 2 aromatic rings. The van der Waals surface area contributed by atoms with Crippen LogP contribution >= 0.6 is 0 Å². The fourth-order valence-electron chi connectivity index (χ4n) is 1.65. The van der Waals surface area contributed by atoms with Gasteiger partial charge in [0.1, 0.15) is 6.33 Å². The van der Waals surface area contributed by atoms with Gasteiger partial charge >= 0.3 is 0 Å². The molecule has 0 bridgehead atoms. The van der Waals surface area contributed by atoms with Gasteiger partial charge in [-0.05, 0) is 24.5 Å². The average Bonchev–Trinajstić information content (AvgIpc) is 2.65. The van der Waals surface area contributed by atoms with E-state index in [2.05, 4.69) is 41.0 Å². The van der Waals surface area contributed by atoms with Crippen molar-refractivity contribution in [2.24, 2.45) is 13.0 Å². The molecule has 0 fully saturated rings. The zero-order valence-electron chi connectivity index (χ0n) is 9.88. The fraction of sp³-hybridized carbons (Fsp3) is 0.417. The van der Waals surface area contributed by atoms with Gasteiger partial charge in [0.2, 0.25) is 0 Å². The standard InChI is InChI=1S/C12H16N4/c1-9(2)6-11-5-4-10(7-13-11)12-14-8-15-16(12)3/h4-5,7-9H,6H2,1-3H3. The van der Waals surface area contributed by atoms with Gasteiger partial charge in [0, 0.05) is 24.5 Å². The molecule has 4 nitrogen and oxygen atoms in total. The van der Waals surface area contributed by atoms with Crippen molar-refractivity contribution in [1.29, 1.82) is 0 Å². The molecule has 0 aromatic carbocycles. The van der Waals surface area contributed by atoms with E-state index < -0.39 is 0 Å². The van der Waals surface area contributed by atoms with Crippen molar-refractivity contribution in [2.45, 2.75) is 20.3 Å². The molecule has 4 heteroatoms. The molecule has 16 heavy (non-hydrogen) atoms. The van der Waals surface area contributed by atoms with E-state index in [1.807, 2.05) is 13.2 Å². The lowest BCUT2D eigenvalue weighted by atomic mass is 10.1. The zero-order chi connectivity index (χ0) is 11.5. The summed E-state index contributed by atoms with van der Waals surface area (Å²) in [6.45, 7) is 4.39. The van der Waals surface area contributed by atoms with E-state index in [9.17, 15) is 0 Å². The maximum atomic E-state index is 4.43. The zero-order valence-corrected chi connectivity index (χ0v) is 9.88. The molecular weight excluding hydrogens is 200 g/mol. The summed E-state index contributed by atoms with van der Waals surface area (Å²) in [6.07, 6.45) is 4.43. The van der Waals surface area contributed by atoms with E-state index in [0.29, 0.717) is 5.92 Å². The summed E-state index contributed by atoms with van der Waals surface area (Å²) in [4.78, 5) is 8.62. The Hall–Kier alpha value is -1.71. The van der Waals surface area contributed by atoms with Crippen LogP contribution in [0.1, 0.15) is 19.5 Å². The minimum absolute atomic E-state index is 0.633. The summed E-state index contributed by atoms with van der Waals surface area (Å²) in [5, 5.41) is 4.04. The maximum Gasteiger partial charge on any atom is 0.159 e. The molecule has 0 amide bonds. The summed E-state index contributed by atoms with van der Waals surface area (Å²) in [7, 11) is 1.88. The lowest BCUT2D eigenvalue weighted by Crippen LogP contribution is -1.99. The molecule has 0 saturated carbocycles. The topological polar surface area (TPSA) is 43.6 Å². The Bertz CT molecular complexity index is 456. The molecular formula is C12H16N4. The Morgan fingerprint density at radius 3 is 2.56 bits per heavy atom. The van der Waals surface area contributed by atoms with E-state index >= 15 is 0 Å². The number of hydrogen-bond acceptors (Lipinski definition) is 3. The number of hydrogen-bond donors (Lipinski definition) is 0. The summed E-state index contributed by atoms with van der Waals surface area (Å²) in [5.41, 5.74) is 2.13. The number of nitrogens with zero attached hydrogens (tertiary/aromatic N) is 4. The summed E-state index contributed by atoms with van der Waals surface area (Å²) < 4.78 is 1.75. The molecule has 0 aliphatic rings. The first kappa shape index (κ1) is 10.8. The molecule has 0 saturated heterocycles. The van der Waals surface area contributed by atoms with Crippen LogP contribution in [0.4, 0.5) is 0 Å². The number of aryl methyl sites for hydroxylation is 1. The quantitative estimate of drug-likeness (QED) is 0.789. The summed E-state index contributed by atoms with van der Waals surface area (Å²) in [5.74, 6) is 1.48. The second-order valence-electron chi connectivity index (χ2n) is 4.34. The third-order valence-corrected chi connectivity index (χ3v) is 2.41. The van der Waals surface area contributed by atoms with Crippen molar-refractivity contribution in [2.75, 3.05) is 0 Å². The van der Waals surface area contributed by atoms with Crippen LogP contribution in [0.2, 0.25) is 0 Å². The lowest BCUT2D eigenvalue weighted by Gasteiger charge is -2.05. The van der Waals surface area contributed by atoms with Gasteiger partial charge in [0.15, 0.2) is 5.82 Å². The van der Waals surface area contributed by atoms with Gasteiger partial charge < -0.3 is 0 Å². The highest BCUT2D eigenvalue weighted by atomic mass is 15.3. The van der Waals surface area contributed by atoms with Gasteiger partial charge in [-0.25, -0.2) is 9.67 Å². The molecule has 84 valence electrons. The molecule has 0 N–H and O–H groups in total. The molecule has 0 spiro atoms. The number of pyridine rings is 1. The first-order valence-electron chi connectivity index (χ1n) is 5.46. The minimum atomic E-state index is 0.633. The van der Waals surface area contributed by atoms with Crippen molar-refractivity contribution < 1.29 is 0 Å². The smallest absolute Gasteiger partial charge is 0.159 e. The van der Waals surface area contributed by atoms with Gasteiger partial charge in [-0.2, -0.15) is 5.10 Å². The molecule has 0 unspecified atom stereocenters. The Morgan fingerprint density at radius 1 is 1.25 bits per heavy atom. The van der Waals surface area contributed by atoms with Crippen LogP contribution in [0.5, 0.6) is 0 Å². The van der Waals surface area contributed by atoms with Crippen molar-refractivity contribution in [3.63, 3.8) is 0 Å². The monoisotopic (exact) mass is 216 g/mol. The van der Waals surface area contributed by atoms with Crippen molar-refractivity contribution in [3.05, 3.63) is 30.4 Å². The van der Waals surface area contributed by atoms with Crippen molar-refractivity contribution in [3.8, 4) is 11.4 Å². The van der Waals surface area contributed by atoms with Crippen LogP contribution in [0.15, 0.2) is 24.7 Å². The van der Waals surface area contributed by atoms with Crippen LogP contribution in [-0.2, 0) is 13.5 Å². The van der Waals surface area contributed by atoms with Crippen molar-refractivity contribution in [1.82, 2.24) is 19.7 Å². The molecule has 0 aliphatic carbocycles. The van der Waals surface area contributed by atoms with Gasteiger partial charge in [-0.3, -0.25) is 4.98 Å². The highest BCUT2D eigenvalue weighted by Crippen LogP contribution is 2.15. The van der Waals surface area contributed by atoms with E-state index in [4.69, 9.17) is 0 Å². The van der Waals surface area contributed by atoms with Crippen LogP contribution in [0, 0.1) is 5.92 Å². The van der Waals surface area contributed by atoms with Crippen LogP contribution in [-0.4, -0.2) is 19.7 Å². The second kappa shape index (κ2) is 4.43. The Kier molecular flexibility index (Phi) is 2.99. The van der Waals surface area contributed by atoms with E-state index in [1.165, 1.54) is 0 Å². The second-order valence-corrected chi connectivity index (χ2v) is 4.34. The molecule has 0 radical (unpaired) electrons. The van der Waals surface area contributed by atoms with Gasteiger partial charge in [0.05, 0.1) is 0 Å². The number of rotatable bonds is 3. The molecule has 2 aromatic heterocycles. The van der Waals surface area contributed by atoms with E-state index in [0.717, 1.165) is 23.5 Å². The highest BCUT2D eigenvalue weighted by Gasteiger charge is 2.05. The van der Waals surface area contributed by atoms with Gasteiger partial charge in [0.25, 0.3) is 0 Å². The summed E-state index contributed by atoms with van der Waals surface area (Å²) >= 11 is 0. The fourth-order valence-corrected chi connectivity index (χ4v) is 1.65. The van der Waals surface area contributed by atoms with Crippen LogP contribution in [0.25, 0.3) is 11.4 Å². The third-order valence-electron chi connectivity index (χ3n) is 2.41. The third kappa shape index (κ3) is 2.27. The molecule has 2 heterocycles. The lowest BCUT2D eigenvalue weighted by molar-refractivity contribution is 0.635. The van der Waals surface area contributed by atoms with Gasteiger partial charge in [-0.1, -0.05) is 13.8 Å². The first-order chi connectivity index (χ1) is 7.66. The predicted octanol–water partition coefficient (Wildman–Crippen LogP) is 2.08. The Morgan fingerprint density at radius 2 is 2.06 bits per heavy atom. The van der Waals surface area contributed by atoms with Crippen LogP contribution < -0.4 is 0 Å². The predicted molar refractivity (Wildman–Crippen MR) is 62.8 cm³/mol. The maximum absolute atomic E-state index is 4.43. The van der Waals surface area contributed by atoms with E-state index in [-0.39, 0.29) is 0 Å². The first-order valence-corrected chi connectivity index (χ1v) is 5.46. The highest BCUT2D eigenvalue weighted by molar-refractivity contribution is 5.53. The molecule has 2 rings (SSSR count). The largest absolute Gasteiger partial charge is 0.261 e. The van der Waals surface area contributed by atoms with Crippen molar-refractivity contribution >= 4 is 0 Å². The van der Waals surface area contributed by atoms with E-state index in [1.54, 1.807) is 11.0 Å². The average molecular weight is 216 g/mol. The minimum Gasteiger partial charge on any atom is -0.261 e. The normalized spacial score (nSPS) is 11.0. The molecule has 0 atom stereocenters.